The summed E-state index contributed by atoms with van der Waals surface area (Å²) in [7, 11) is 4.46. The quantitative estimate of drug-likeness (QED) is 0.821. The molecule has 2 amide bonds. The smallest absolute Gasteiger partial charge is 0.256 e. The summed E-state index contributed by atoms with van der Waals surface area (Å²) in [6, 6.07) is 2.92. The van der Waals surface area contributed by atoms with Crippen LogP contribution in [0.25, 0.3) is 0 Å². The van der Waals surface area contributed by atoms with E-state index < -0.39 is 23.7 Å². The zero-order valence-electron chi connectivity index (χ0n) is 11.6. The molecule has 6 nitrogen and oxygen atoms in total. The SMILES string of the molecule is COCC(N)C(=O)Nc1ccc(F)c(C(=O)N(C)C)c1. The Bertz CT molecular complexity index is 506. The van der Waals surface area contributed by atoms with Crippen LogP contribution in [0.5, 0.6) is 0 Å². The Balaban J connectivity index is 2.90. The number of nitrogens with zero attached hydrogens (tertiary/aromatic N) is 1. The van der Waals surface area contributed by atoms with Crippen molar-refractivity contribution in [2.45, 2.75) is 6.04 Å². The van der Waals surface area contributed by atoms with Crippen LogP contribution in [-0.4, -0.2) is 50.6 Å². The minimum absolute atomic E-state index is 0.0660. The van der Waals surface area contributed by atoms with E-state index in [0.29, 0.717) is 5.69 Å². The van der Waals surface area contributed by atoms with Crippen LogP contribution in [0.2, 0.25) is 0 Å². The summed E-state index contributed by atoms with van der Waals surface area (Å²) in [5.41, 5.74) is 5.75. The summed E-state index contributed by atoms with van der Waals surface area (Å²) in [6.45, 7) is 0.0660. The number of benzene rings is 1. The zero-order chi connectivity index (χ0) is 15.3. The van der Waals surface area contributed by atoms with Crippen molar-refractivity contribution in [2.75, 3.05) is 33.1 Å². The molecule has 0 heterocycles. The number of carbonyl (C=O) groups excluding carboxylic acids is 2. The molecule has 20 heavy (non-hydrogen) atoms. The van der Waals surface area contributed by atoms with Crippen LogP contribution >= 0.6 is 0 Å². The van der Waals surface area contributed by atoms with Gasteiger partial charge in [0.25, 0.3) is 5.91 Å². The largest absolute Gasteiger partial charge is 0.383 e. The van der Waals surface area contributed by atoms with Crippen LogP contribution in [0.1, 0.15) is 10.4 Å². The molecule has 7 heteroatoms. The molecule has 3 N–H and O–H groups in total. The minimum Gasteiger partial charge on any atom is -0.383 e. The van der Waals surface area contributed by atoms with Gasteiger partial charge in [-0.25, -0.2) is 4.39 Å². The molecule has 0 bridgehead atoms. The number of rotatable bonds is 5. The second-order valence-electron chi connectivity index (χ2n) is 4.45. The molecule has 1 aromatic carbocycles. The lowest BCUT2D eigenvalue weighted by molar-refractivity contribution is -0.118. The first-order valence-corrected chi connectivity index (χ1v) is 5.93. The van der Waals surface area contributed by atoms with Crippen LogP contribution < -0.4 is 11.1 Å². The first-order valence-electron chi connectivity index (χ1n) is 5.93. The molecular formula is C13H18FN3O3. The van der Waals surface area contributed by atoms with E-state index in [1.165, 1.54) is 38.2 Å². The molecule has 0 radical (unpaired) electrons. The van der Waals surface area contributed by atoms with Gasteiger partial charge in [0.1, 0.15) is 11.9 Å². The number of hydrogen-bond donors (Lipinski definition) is 2. The van der Waals surface area contributed by atoms with Crippen molar-refractivity contribution in [2.24, 2.45) is 5.73 Å². The van der Waals surface area contributed by atoms with Gasteiger partial charge < -0.3 is 20.7 Å². The average Bonchev–Trinajstić information content (AvgIpc) is 2.40. The van der Waals surface area contributed by atoms with Gasteiger partial charge >= 0.3 is 0 Å². The van der Waals surface area contributed by atoms with Gasteiger partial charge in [-0.2, -0.15) is 0 Å². The van der Waals surface area contributed by atoms with Crippen molar-refractivity contribution in [3.63, 3.8) is 0 Å². The van der Waals surface area contributed by atoms with Crippen LogP contribution in [0.15, 0.2) is 18.2 Å². The van der Waals surface area contributed by atoms with Crippen LogP contribution in [0.3, 0.4) is 0 Å². The summed E-state index contributed by atoms with van der Waals surface area (Å²) in [6.07, 6.45) is 0. The first-order chi connectivity index (χ1) is 9.36. The topological polar surface area (TPSA) is 84.7 Å². The van der Waals surface area contributed by atoms with E-state index in [1.54, 1.807) is 0 Å². The normalized spacial score (nSPS) is 11.8. The molecule has 0 aromatic heterocycles. The molecule has 0 aliphatic carbocycles. The Kier molecular flexibility index (Phi) is 5.60. The van der Waals surface area contributed by atoms with Crippen molar-refractivity contribution in [1.29, 1.82) is 0 Å². The average molecular weight is 283 g/mol. The number of ether oxygens (including phenoxy) is 1. The maximum absolute atomic E-state index is 13.6. The van der Waals surface area contributed by atoms with E-state index in [0.717, 1.165) is 6.07 Å². The predicted molar refractivity (Wildman–Crippen MR) is 72.9 cm³/mol. The van der Waals surface area contributed by atoms with Crippen molar-refractivity contribution in [3.8, 4) is 0 Å². The fraction of sp³-hybridized carbons (Fsp3) is 0.385. The molecule has 0 spiro atoms. The third kappa shape index (κ3) is 4.01. The monoisotopic (exact) mass is 283 g/mol. The molecule has 0 aliphatic rings. The molecule has 1 rings (SSSR count). The highest BCUT2D eigenvalue weighted by atomic mass is 19.1. The molecule has 0 fully saturated rings. The third-order valence-electron chi connectivity index (χ3n) is 2.55. The molecule has 0 saturated carbocycles. The van der Waals surface area contributed by atoms with E-state index in [1.807, 2.05) is 0 Å². The van der Waals surface area contributed by atoms with Gasteiger partial charge in [-0.1, -0.05) is 0 Å². The van der Waals surface area contributed by atoms with Crippen molar-refractivity contribution in [3.05, 3.63) is 29.6 Å². The summed E-state index contributed by atoms with van der Waals surface area (Å²) in [4.78, 5) is 24.7. The number of hydrogen-bond acceptors (Lipinski definition) is 4. The van der Waals surface area contributed by atoms with Gasteiger partial charge in [0.15, 0.2) is 0 Å². The number of anilines is 1. The highest BCUT2D eigenvalue weighted by Gasteiger charge is 2.17. The highest BCUT2D eigenvalue weighted by molar-refractivity contribution is 5.98. The molecule has 1 atom stereocenters. The fourth-order valence-electron chi connectivity index (χ4n) is 1.50. The number of halogens is 1. The molecule has 1 aromatic rings. The Morgan fingerprint density at radius 3 is 2.65 bits per heavy atom. The van der Waals surface area contributed by atoms with Gasteiger partial charge in [0, 0.05) is 26.9 Å². The third-order valence-corrected chi connectivity index (χ3v) is 2.55. The van der Waals surface area contributed by atoms with Crippen LogP contribution in [0.4, 0.5) is 10.1 Å². The molecule has 1 unspecified atom stereocenters. The van der Waals surface area contributed by atoms with Gasteiger partial charge in [0.05, 0.1) is 12.2 Å². The summed E-state index contributed by atoms with van der Waals surface area (Å²) in [5, 5.41) is 2.51. The van der Waals surface area contributed by atoms with Gasteiger partial charge in [-0.3, -0.25) is 9.59 Å². The zero-order valence-corrected chi connectivity index (χ0v) is 11.6. The summed E-state index contributed by atoms with van der Waals surface area (Å²) >= 11 is 0. The second-order valence-corrected chi connectivity index (χ2v) is 4.45. The Morgan fingerprint density at radius 1 is 1.45 bits per heavy atom. The van der Waals surface area contributed by atoms with Gasteiger partial charge in [-0.15, -0.1) is 0 Å². The van der Waals surface area contributed by atoms with Crippen LogP contribution in [-0.2, 0) is 9.53 Å². The highest BCUT2D eigenvalue weighted by Crippen LogP contribution is 2.16. The second kappa shape index (κ2) is 6.97. The van der Waals surface area contributed by atoms with Crippen molar-refractivity contribution < 1.29 is 18.7 Å². The lowest BCUT2D eigenvalue weighted by Crippen LogP contribution is -2.39. The molecule has 0 saturated heterocycles. The molecular weight excluding hydrogens is 265 g/mol. The van der Waals surface area contributed by atoms with E-state index in [2.05, 4.69) is 5.32 Å². The molecule has 0 aliphatic heterocycles. The summed E-state index contributed by atoms with van der Waals surface area (Å²) in [5.74, 6) is -1.61. The Morgan fingerprint density at radius 2 is 2.10 bits per heavy atom. The lowest BCUT2D eigenvalue weighted by atomic mass is 10.1. The van der Waals surface area contributed by atoms with E-state index in [-0.39, 0.29) is 12.2 Å². The number of nitrogens with one attached hydrogen (secondary N) is 1. The first kappa shape index (κ1) is 16.1. The summed E-state index contributed by atoms with van der Waals surface area (Å²) < 4.78 is 18.4. The van der Waals surface area contributed by atoms with Gasteiger partial charge in [0.2, 0.25) is 5.91 Å². The Hall–Kier alpha value is -1.99. The van der Waals surface area contributed by atoms with Crippen LogP contribution in [0, 0.1) is 5.82 Å². The predicted octanol–water partition coefficient (Wildman–Crippen LogP) is 0.440. The molecule has 110 valence electrons. The van der Waals surface area contributed by atoms with Gasteiger partial charge in [-0.05, 0) is 18.2 Å². The van der Waals surface area contributed by atoms with E-state index >= 15 is 0 Å². The van der Waals surface area contributed by atoms with E-state index in [4.69, 9.17) is 10.5 Å². The maximum Gasteiger partial charge on any atom is 0.256 e. The lowest BCUT2D eigenvalue weighted by Gasteiger charge is -2.14. The fourth-order valence-corrected chi connectivity index (χ4v) is 1.50. The Labute approximate surface area is 116 Å². The number of amides is 2. The van der Waals surface area contributed by atoms with E-state index in [9.17, 15) is 14.0 Å². The minimum atomic E-state index is -0.835. The number of carbonyl (C=O) groups is 2. The van der Waals surface area contributed by atoms with Crippen molar-refractivity contribution >= 4 is 17.5 Å². The standard InChI is InChI=1S/C13H18FN3O3/c1-17(2)13(19)9-6-8(4-5-10(9)14)16-12(18)11(15)7-20-3/h4-6,11H,7,15H2,1-3H3,(H,16,18). The van der Waals surface area contributed by atoms with Crippen molar-refractivity contribution in [1.82, 2.24) is 4.90 Å². The number of nitrogens with two attached hydrogens (primary N) is 1. The maximum atomic E-state index is 13.6. The number of methoxy groups -OCH3 is 1.